The van der Waals surface area contributed by atoms with E-state index in [0.29, 0.717) is 33.8 Å². The van der Waals surface area contributed by atoms with Gasteiger partial charge in [0.15, 0.2) is 0 Å². The number of ether oxygens (including phenoxy) is 2. The van der Waals surface area contributed by atoms with Crippen LogP contribution in [0.4, 0.5) is 23.1 Å². The summed E-state index contributed by atoms with van der Waals surface area (Å²) in [5, 5.41) is 6.64. The number of hydrogen-bond donors (Lipinski definition) is 2. The first kappa shape index (κ1) is 18.5. The molecule has 2 aromatic carbocycles. The number of carbonyl (C=O) groups is 1. The molecule has 3 aromatic rings. The standard InChI is InChI=1S/C19H17ClN4O3/c1-26-16-6-4-3-5-14(16)23-19-21-10-9-17(24-19)22-15-11-12(18(25)27-2)7-8-13(15)20/h3-11H,1-2H3,(H2,21,22,23,24). The van der Waals surface area contributed by atoms with Gasteiger partial charge < -0.3 is 20.1 Å². The molecule has 0 aliphatic carbocycles. The zero-order chi connectivity index (χ0) is 19.2. The van der Waals surface area contributed by atoms with E-state index in [2.05, 4.69) is 20.6 Å². The SMILES string of the molecule is COC(=O)c1ccc(Cl)c(Nc2ccnc(Nc3ccccc3OC)n2)c1. The third-order valence-electron chi connectivity index (χ3n) is 3.66. The Morgan fingerprint density at radius 3 is 2.63 bits per heavy atom. The molecule has 0 radical (unpaired) electrons. The molecule has 7 nitrogen and oxygen atoms in total. The van der Waals surface area contributed by atoms with Crippen LogP contribution >= 0.6 is 11.6 Å². The van der Waals surface area contributed by atoms with Gasteiger partial charge in [-0.25, -0.2) is 9.78 Å². The van der Waals surface area contributed by atoms with E-state index < -0.39 is 5.97 Å². The van der Waals surface area contributed by atoms with Crippen molar-refractivity contribution in [1.29, 1.82) is 0 Å². The molecule has 0 aliphatic heterocycles. The number of nitrogens with zero attached hydrogens (tertiary/aromatic N) is 2. The Morgan fingerprint density at radius 1 is 1.04 bits per heavy atom. The molecular weight excluding hydrogens is 368 g/mol. The highest BCUT2D eigenvalue weighted by Gasteiger charge is 2.10. The van der Waals surface area contributed by atoms with E-state index in [4.69, 9.17) is 21.1 Å². The summed E-state index contributed by atoms with van der Waals surface area (Å²) in [6, 6.07) is 13.9. The fourth-order valence-corrected chi connectivity index (χ4v) is 2.53. The van der Waals surface area contributed by atoms with Crippen molar-refractivity contribution in [2.75, 3.05) is 24.9 Å². The van der Waals surface area contributed by atoms with Crippen LogP contribution in [0.2, 0.25) is 5.02 Å². The average Bonchev–Trinajstić information content (AvgIpc) is 2.70. The first-order valence-electron chi connectivity index (χ1n) is 7.98. The van der Waals surface area contributed by atoms with Crippen LogP contribution in [-0.4, -0.2) is 30.2 Å². The second-order valence-corrected chi connectivity index (χ2v) is 5.81. The van der Waals surface area contributed by atoms with Crippen molar-refractivity contribution in [2.45, 2.75) is 0 Å². The first-order valence-corrected chi connectivity index (χ1v) is 8.36. The van der Waals surface area contributed by atoms with Gasteiger partial charge in [-0.2, -0.15) is 4.98 Å². The molecule has 0 amide bonds. The molecule has 1 aromatic heterocycles. The minimum atomic E-state index is -0.448. The van der Waals surface area contributed by atoms with E-state index >= 15 is 0 Å². The summed E-state index contributed by atoms with van der Waals surface area (Å²) in [5.74, 6) is 1.11. The highest BCUT2D eigenvalue weighted by Crippen LogP contribution is 2.28. The molecule has 138 valence electrons. The van der Waals surface area contributed by atoms with Gasteiger partial charge in [0.05, 0.1) is 36.2 Å². The maximum Gasteiger partial charge on any atom is 0.337 e. The van der Waals surface area contributed by atoms with Gasteiger partial charge in [0.25, 0.3) is 0 Å². The van der Waals surface area contributed by atoms with Crippen molar-refractivity contribution in [1.82, 2.24) is 9.97 Å². The number of anilines is 4. The Labute approximate surface area is 161 Å². The van der Waals surface area contributed by atoms with E-state index in [0.717, 1.165) is 5.69 Å². The molecule has 0 spiro atoms. The van der Waals surface area contributed by atoms with Gasteiger partial charge in [-0.3, -0.25) is 0 Å². The zero-order valence-electron chi connectivity index (χ0n) is 14.7. The van der Waals surface area contributed by atoms with Gasteiger partial charge in [-0.1, -0.05) is 23.7 Å². The number of nitrogens with one attached hydrogen (secondary N) is 2. The number of benzene rings is 2. The fourth-order valence-electron chi connectivity index (χ4n) is 2.36. The van der Waals surface area contributed by atoms with Crippen molar-refractivity contribution < 1.29 is 14.3 Å². The summed E-state index contributed by atoms with van der Waals surface area (Å²) in [5.41, 5.74) is 1.65. The smallest absolute Gasteiger partial charge is 0.337 e. The highest BCUT2D eigenvalue weighted by molar-refractivity contribution is 6.33. The van der Waals surface area contributed by atoms with Crippen LogP contribution in [0.5, 0.6) is 5.75 Å². The van der Waals surface area contributed by atoms with Crippen molar-refractivity contribution in [2.24, 2.45) is 0 Å². The molecule has 8 heteroatoms. The lowest BCUT2D eigenvalue weighted by Gasteiger charge is -2.12. The van der Waals surface area contributed by atoms with E-state index in [9.17, 15) is 4.79 Å². The highest BCUT2D eigenvalue weighted by atomic mass is 35.5. The van der Waals surface area contributed by atoms with Crippen molar-refractivity contribution in [3.63, 3.8) is 0 Å². The summed E-state index contributed by atoms with van der Waals surface area (Å²) in [6.07, 6.45) is 1.60. The quantitative estimate of drug-likeness (QED) is 0.608. The maximum absolute atomic E-state index is 11.7. The van der Waals surface area contributed by atoms with E-state index in [1.807, 2.05) is 24.3 Å². The molecule has 0 saturated heterocycles. The minimum Gasteiger partial charge on any atom is -0.495 e. The number of carbonyl (C=O) groups excluding carboxylic acids is 1. The van der Waals surface area contributed by atoms with Crippen molar-refractivity contribution >= 4 is 40.7 Å². The molecule has 0 unspecified atom stereocenters. The van der Waals surface area contributed by atoms with Gasteiger partial charge in [0.2, 0.25) is 5.95 Å². The molecular formula is C19H17ClN4O3. The lowest BCUT2D eigenvalue weighted by molar-refractivity contribution is 0.0601. The molecule has 27 heavy (non-hydrogen) atoms. The molecule has 3 rings (SSSR count). The monoisotopic (exact) mass is 384 g/mol. The number of hydrogen-bond acceptors (Lipinski definition) is 7. The minimum absolute atomic E-state index is 0.379. The Morgan fingerprint density at radius 2 is 1.85 bits per heavy atom. The van der Waals surface area contributed by atoms with E-state index in [1.54, 1.807) is 37.6 Å². The Hall–Kier alpha value is -3.32. The summed E-state index contributed by atoms with van der Waals surface area (Å²) in [4.78, 5) is 20.3. The van der Waals surface area contributed by atoms with Crippen LogP contribution in [0, 0.1) is 0 Å². The number of para-hydroxylation sites is 2. The first-order chi connectivity index (χ1) is 13.1. The summed E-state index contributed by atoms with van der Waals surface area (Å²) in [7, 11) is 2.92. The van der Waals surface area contributed by atoms with Crippen LogP contribution in [-0.2, 0) is 4.74 Å². The van der Waals surface area contributed by atoms with E-state index in [1.165, 1.54) is 7.11 Å². The molecule has 0 aliphatic rings. The Balaban J connectivity index is 1.83. The molecule has 0 atom stereocenters. The van der Waals surface area contributed by atoms with Gasteiger partial charge in [0.1, 0.15) is 11.6 Å². The topological polar surface area (TPSA) is 85.4 Å². The molecule has 0 saturated carbocycles. The summed E-state index contributed by atoms with van der Waals surface area (Å²) < 4.78 is 10.0. The molecule has 1 heterocycles. The van der Waals surface area contributed by atoms with Gasteiger partial charge in [-0.15, -0.1) is 0 Å². The Bertz CT molecular complexity index is 965. The van der Waals surface area contributed by atoms with Gasteiger partial charge in [0, 0.05) is 6.20 Å². The summed E-state index contributed by atoms with van der Waals surface area (Å²) >= 11 is 6.21. The largest absolute Gasteiger partial charge is 0.495 e. The zero-order valence-corrected chi connectivity index (χ0v) is 15.4. The molecule has 0 fully saturated rings. The molecule has 2 N–H and O–H groups in total. The lowest BCUT2D eigenvalue weighted by atomic mass is 10.2. The van der Waals surface area contributed by atoms with Crippen LogP contribution in [0.25, 0.3) is 0 Å². The number of rotatable bonds is 6. The van der Waals surface area contributed by atoms with Crippen LogP contribution in [0.3, 0.4) is 0 Å². The van der Waals surface area contributed by atoms with Crippen molar-refractivity contribution in [3.05, 3.63) is 65.3 Å². The number of halogens is 1. The van der Waals surface area contributed by atoms with Crippen LogP contribution < -0.4 is 15.4 Å². The third-order valence-corrected chi connectivity index (χ3v) is 3.99. The molecule has 0 bridgehead atoms. The third kappa shape index (κ3) is 4.45. The van der Waals surface area contributed by atoms with Crippen LogP contribution in [0.15, 0.2) is 54.7 Å². The average molecular weight is 385 g/mol. The maximum atomic E-state index is 11.7. The second-order valence-electron chi connectivity index (χ2n) is 5.40. The number of aromatic nitrogens is 2. The summed E-state index contributed by atoms with van der Waals surface area (Å²) in [6.45, 7) is 0. The predicted octanol–water partition coefficient (Wildman–Crippen LogP) is 4.41. The predicted molar refractivity (Wildman–Crippen MR) is 104 cm³/mol. The van der Waals surface area contributed by atoms with E-state index in [-0.39, 0.29) is 0 Å². The number of esters is 1. The second kappa shape index (κ2) is 8.37. The van der Waals surface area contributed by atoms with Gasteiger partial charge in [-0.05, 0) is 36.4 Å². The van der Waals surface area contributed by atoms with Gasteiger partial charge >= 0.3 is 5.97 Å². The number of methoxy groups -OCH3 is 2. The Kier molecular flexibility index (Phi) is 5.73. The normalized spacial score (nSPS) is 10.2. The fraction of sp³-hybridized carbons (Fsp3) is 0.105. The lowest BCUT2D eigenvalue weighted by Crippen LogP contribution is -2.04. The van der Waals surface area contributed by atoms with Crippen molar-refractivity contribution in [3.8, 4) is 5.75 Å². The van der Waals surface area contributed by atoms with Crippen LogP contribution in [0.1, 0.15) is 10.4 Å².